The lowest BCUT2D eigenvalue weighted by Gasteiger charge is -2.16. The lowest BCUT2D eigenvalue weighted by molar-refractivity contribution is -0.153. The van der Waals surface area contributed by atoms with E-state index in [0.29, 0.717) is 0 Å². The predicted molar refractivity (Wildman–Crippen MR) is 103 cm³/mol. The molecule has 1 aliphatic heterocycles. The summed E-state index contributed by atoms with van der Waals surface area (Å²) in [6, 6.07) is 0. The topological polar surface area (TPSA) is 43.4 Å². The highest BCUT2D eigenvalue weighted by Gasteiger charge is 2.37. The van der Waals surface area contributed by atoms with Crippen LogP contribution in [0.3, 0.4) is 0 Å². The monoisotopic (exact) mass is 350 g/mol. The van der Waals surface area contributed by atoms with Gasteiger partial charge in [0.15, 0.2) is 0 Å². The Kier molecular flexibility index (Phi) is 12.4. The van der Waals surface area contributed by atoms with E-state index in [1.165, 1.54) is 64.2 Å². The average molecular weight is 351 g/mol. The van der Waals surface area contributed by atoms with E-state index in [0.717, 1.165) is 19.3 Å². The van der Waals surface area contributed by atoms with Gasteiger partial charge in [0.1, 0.15) is 0 Å². The maximum atomic E-state index is 11.8. The fraction of sp³-hybridized carbons (Fsp3) is 0.818. The third-order valence-corrected chi connectivity index (χ3v) is 5.18. The molecule has 3 heteroatoms. The van der Waals surface area contributed by atoms with Crippen LogP contribution in [0.2, 0.25) is 0 Å². The van der Waals surface area contributed by atoms with E-state index >= 15 is 0 Å². The molecule has 0 aromatic rings. The number of allylic oxidation sites excluding steroid dienone is 2. The Labute approximate surface area is 154 Å². The molecule has 144 valence electrons. The van der Waals surface area contributed by atoms with Crippen molar-refractivity contribution >= 4 is 11.9 Å². The van der Waals surface area contributed by atoms with Gasteiger partial charge >= 0.3 is 11.9 Å². The average Bonchev–Trinajstić information content (AvgIpc) is 2.93. The molecular formula is C22H38O3. The Morgan fingerprint density at radius 3 is 1.96 bits per heavy atom. The number of ether oxygens (including phenoxy) is 1. The summed E-state index contributed by atoms with van der Waals surface area (Å²) >= 11 is 0. The van der Waals surface area contributed by atoms with Gasteiger partial charge in [-0.3, -0.25) is 9.59 Å². The molecule has 1 saturated heterocycles. The van der Waals surface area contributed by atoms with E-state index in [4.69, 9.17) is 4.74 Å². The van der Waals surface area contributed by atoms with Gasteiger partial charge in [-0.05, 0) is 18.8 Å². The van der Waals surface area contributed by atoms with E-state index in [-0.39, 0.29) is 30.2 Å². The third kappa shape index (κ3) is 9.81. The quantitative estimate of drug-likeness (QED) is 0.149. The van der Waals surface area contributed by atoms with Crippen molar-refractivity contribution < 1.29 is 14.3 Å². The van der Waals surface area contributed by atoms with Crippen LogP contribution in [0.4, 0.5) is 0 Å². The zero-order valence-corrected chi connectivity index (χ0v) is 16.4. The molecule has 0 radical (unpaired) electrons. The van der Waals surface area contributed by atoms with Crippen LogP contribution < -0.4 is 0 Å². The van der Waals surface area contributed by atoms with Crippen LogP contribution in [0.15, 0.2) is 12.2 Å². The summed E-state index contributed by atoms with van der Waals surface area (Å²) in [4.78, 5) is 23.1. The molecule has 0 saturated carbocycles. The Morgan fingerprint density at radius 2 is 1.48 bits per heavy atom. The number of esters is 2. The van der Waals surface area contributed by atoms with Crippen molar-refractivity contribution in [2.24, 2.45) is 11.8 Å². The van der Waals surface area contributed by atoms with Gasteiger partial charge in [-0.2, -0.15) is 0 Å². The lowest BCUT2D eigenvalue weighted by atomic mass is 9.86. The maximum Gasteiger partial charge on any atom is 0.317 e. The fourth-order valence-corrected chi connectivity index (χ4v) is 3.61. The number of carbonyl (C=O) groups is 2. The van der Waals surface area contributed by atoms with Crippen LogP contribution in [0.25, 0.3) is 0 Å². The molecule has 1 fully saturated rings. The fourth-order valence-electron chi connectivity index (χ4n) is 3.61. The number of hydrogen-bond acceptors (Lipinski definition) is 3. The van der Waals surface area contributed by atoms with Crippen molar-refractivity contribution in [2.75, 3.05) is 0 Å². The summed E-state index contributed by atoms with van der Waals surface area (Å²) in [6.45, 7) is 4.35. The highest BCUT2D eigenvalue weighted by molar-refractivity contribution is 5.94. The second kappa shape index (κ2) is 14.1. The third-order valence-electron chi connectivity index (χ3n) is 5.18. The van der Waals surface area contributed by atoms with Gasteiger partial charge in [0.2, 0.25) is 0 Å². The van der Waals surface area contributed by atoms with Gasteiger partial charge in [0.25, 0.3) is 0 Å². The van der Waals surface area contributed by atoms with Crippen molar-refractivity contribution in [3.8, 4) is 0 Å². The number of cyclic esters (lactones) is 2. The van der Waals surface area contributed by atoms with Crippen LogP contribution in [0.5, 0.6) is 0 Å². The molecule has 2 atom stereocenters. The zero-order chi connectivity index (χ0) is 18.3. The molecule has 1 aliphatic rings. The zero-order valence-electron chi connectivity index (χ0n) is 16.4. The van der Waals surface area contributed by atoms with Crippen molar-refractivity contribution in [1.82, 2.24) is 0 Å². The largest absolute Gasteiger partial charge is 0.393 e. The molecule has 1 heterocycles. The minimum atomic E-state index is -0.358. The number of hydrogen-bond donors (Lipinski definition) is 0. The summed E-state index contributed by atoms with van der Waals surface area (Å²) in [5.41, 5.74) is 0. The molecular weight excluding hydrogens is 312 g/mol. The highest BCUT2D eigenvalue weighted by atomic mass is 16.6. The summed E-state index contributed by atoms with van der Waals surface area (Å²) in [5, 5.41) is 0. The predicted octanol–water partition coefficient (Wildman–Crippen LogP) is 6.36. The summed E-state index contributed by atoms with van der Waals surface area (Å²) in [7, 11) is 0. The van der Waals surface area contributed by atoms with E-state index in [9.17, 15) is 9.59 Å². The Morgan fingerprint density at radius 1 is 0.920 bits per heavy atom. The van der Waals surface area contributed by atoms with Gasteiger partial charge in [0, 0.05) is 0 Å². The first kappa shape index (κ1) is 21.9. The van der Waals surface area contributed by atoms with E-state index in [1.807, 2.05) is 0 Å². The van der Waals surface area contributed by atoms with Crippen LogP contribution >= 0.6 is 0 Å². The molecule has 0 spiro atoms. The Hall–Kier alpha value is -1.12. The second-order valence-corrected chi connectivity index (χ2v) is 7.43. The van der Waals surface area contributed by atoms with Crippen LogP contribution in [0.1, 0.15) is 104 Å². The first-order valence-corrected chi connectivity index (χ1v) is 10.6. The van der Waals surface area contributed by atoms with Crippen molar-refractivity contribution in [3.63, 3.8) is 0 Å². The molecule has 0 amide bonds. The molecule has 0 aliphatic carbocycles. The Bertz CT molecular complexity index is 400. The number of carbonyl (C=O) groups excluding carboxylic acids is 2. The Balaban J connectivity index is 2.11. The summed E-state index contributed by atoms with van der Waals surface area (Å²) in [5.74, 6) is -0.765. The first-order chi connectivity index (χ1) is 12.2. The van der Waals surface area contributed by atoms with Crippen molar-refractivity contribution in [3.05, 3.63) is 12.2 Å². The number of unbranched alkanes of at least 4 members (excludes halogenated alkanes) is 10. The minimum absolute atomic E-state index is 0.164. The van der Waals surface area contributed by atoms with Crippen LogP contribution in [0, 0.1) is 11.8 Å². The minimum Gasteiger partial charge on any atom is -0.393 e. The maximum absolute atomic E-state index is 11.8. The molecule has 0 bridgehead atoms. The van der Waals surface area contributed by atoms with E-state index < -0.39 is 0 Å². The van der Waals surface area contributed by atoms with Gasteiger partial charge in [-0.15, -0.1) is 0 Å². The normalized spacial score (nSPS) is 18.9. The van der Waals surface area contributed by atoms with Gasteiger partial charge in [-0.1, -0.05) is 96.6 Å². The SMILES string of the molecule is CC/C=C/C(CCCCCCCCCCCCC)C1CC(=O)OC1=O. The smallest absolute Gasteiger partial charge is 0.317 e. The van der Waals surface area contributed by atoms with Crippen molar-refractivity contribution in [1.29, 1.82) is 0 Å². The van der Waals surface area contributed by atoms with Crippen molar-refractivity contribution in [2.45, 2.75) is 104 Å². The molecule has 25 heavy (non-hydrogen) atoms. The lowest BCUT2D eigenvalue weighted by Crippen LogP contribution is -2.18. The number of rotatable bonds is 15. The van der Waals surface area contributed by atoms with Gasteiger partial charge in [-0.25, -0.2) is 0 Å². The highest BCUT2D eigenvalue weighted by Crippen LogP contribution is 2.30. The molecule has 3 nitrogen and oxygen atoms in total. The first-order valence-electron chi connectivity index (χ1n) is 10.6. The van der Waals surface area contributed by atoms with E-state index in [1.54, 1.807) is 0 Å². The molecule has 0 aromatic heterocycles. The van der Waals surface area contributed by atoms with E-state index in [2.05, 4.69) is 26.0 Å². The van der Waals surface area contributed by atoms with Gasteiger partial charge < -0.3 is 4.74 Å². The summed E-state index contributed by atoms with van der Waals surface area (Å²) in [6.07, 6.45) is 21.0. The van der Waals surface area contributed by atoms with Crippen LogP contribution in [-0.4, -0.2) is 11.9 Å². The standard InChI is InChI=1S/C22H38O3/c1-3-5-7-8-9-10-11-12-13-14-15-17-19(16-6-4-2)20-18-21(23)25-22(20)24/h6,16,19-20H,3-5,7-15,17-18H2,1-2H3/b16-6+. The van der Waals surface area contributed by atoms with Crippen LogP contribution in [-0.2, 0) is 14.3 Å². The molecule has 2 unspecified atom stereocenters. The van der Waals surface area contributed by atoms with Gasteiger partial charge in [0.05, 0.1) is 12.3 Å². The molecule has 0 aromatic carbocycles. The molecule has 1 rings (SSSR count). The summed E-state index contributed by atoms with van der Waals surface area (Å²) < 4.78 is 4.73. The molecule has 0 N–H and O–H groups in total. The second-order valence-electron chi connectivity index (χ2n) is 7.43.